The summed E-state index contributed by atoms with van der Waals surface area (Å²) in [6, 6.07) is 0.871. The molecule has 2 rings (SSSR count). The van der Waals surface area contributed by atoms with E-state index in [0.29, 0.717) is 0 Å². The number of piperazine rings is 1. The average Bonchev–Trinajstić information content (AvgIpc) is 2.27. The molecule has 3 nitrogen and oxygen atoms in total. The van der Waals surface area contributed by atoms with Crippen molar-refractivity contribution >= 4 is 0 Å². The molecule has 0 saturated carbocycles. The Labute approximate surface area is 101 Å². The lowest BCUT2D eigenvalue weighted by Gasteiger charge is -2.47. The maximum atomic E-state index is 2.67. The summed E-state index contributed by atoms with van der Waals surface area (Å²) in [6.45, 7) is 15.3. The van der Waals surface area contributed by atoms with E-state index in [-0.39, 0.29) is 0 Å². The molecule has 0 unspecified atom stereocenters. The normalized spacial score (nSPS) is 24.8. The number of likely N-dealkylation sites (N-methyl/N-ethyl adjacent to an activating group) is 1. The average molecular weight is 227 g/mol. The minimum absolute atomic E-state index is 0.871. The highest BCUT2D eigenvalue weighted by molar-refractivity contribution is 4.89. The minimum Gasteiger partial charge on any atom is -0.304 e. The van der Waals surface area contributed by atoms with Crippen LogP contribution in [0.1, 0.15) is 27.2 Å². The topological polar surface area (TPSA) is 9.72 Å². The number of rotatable bonds is 3. The van der Waals surface area contributed by atoms with E-state index in [1.54, 1.807) is 0 Å². The van der Waals surface area contributed by atoms with Crippen molar-refractivity contribution in [1.82, 2.24) is 14.7 Å². The standard InChI is InChI=1S/C11H23N3.C2H6/c1-3-4-13-9-11(10-13)14-7-5-12(2)6-8-14;1-2/h11H,3-10H2,1-2H3;1-2H3. The Morgan fingerprint density at radius 1 is 1.00 bits per heavy atom. The van der Waals surface area contributed by atoms with E-state index in [9.17, 15) is 0 Å². The molecule has 0 aromatic heterocycles. The molecule has 2 saturated heterocycles. The lowest BCUT2D eigenvalue weighted by Crippen LogP contribution is -2.62. The van der Waals surface area contributed by atoms with E-state index in [4.69, 9.17) is 0 Å². The van der Waals surface area contributed by atoms with Gasteiger partial charge in [0.25, 0.3) is 0 Å². The van der Waals surface area contributed by atoms with Gasteiger partial charge in [-0.25, -0.2) is 0 Å². The fraction of sp³-hybridized carbons (Fsp3) is 1.00. The van der Waals surface area contributed by atoms with Crippen molar-refractivity contribution < 1.29 is 0 Å². The zero-order valence-electron chi connectivity index (χ0n) is 11.6. The fourth-order valence-electron chi connectivity index (χ4n) is 2.46. The molecule has 96 valence electrons. The lowest BCUT2D eigenvalue weighted by atomic mass is 10.1. The molecular formula is C13H29N3. The van der Waals surface area contributed by atoms with Crippen LogP contribution in [0.5, 0.6) is 0 Å². The van der Waals surface area contributed by atoms with E-state index < -0.39 is 0 Å². The Bertz CT molecular complexity index is 170. The molecule has 0 bridgehead atoms. The Morgan fingerprint density at radius 3 is 2.06 bits per heavy atom. The van der Waals surface area contributed by atoms with Gasteiger partial charge in [-0.3, -0.25) is 4.90 Å². The molecule has 2 aliphatic heterocycles. The third-order valence-corrected chi connectivity index (χ3v) is 3.53. The Hall–Kier alpha value is -0.120. The molecule has 2 heterocycles. The van der Waals surface area contributed by atoms with Crippen LogP contribution >= 0.6 is 0 Å². The van der Waals surface area contributed by atoms with Gasteiger partial charge in [-0.05, 0) is 20.0 Å². The predicted molar refractivity (Wildman–Crippen MR) is 70.9 cm³/mol. The second kappa shape index (κ2) is 7.25. The van der Waals surface area contributed by atoms with Crippen molar-refractivity contribution in [2.24, 2.45) is 0 Å². The second-order valence-corrected chi connectivity index (χ2v) is 4.75. The van der Waals surface area contributed by atoms with Crippen LogP contribution in [-0.4, -0.2) is 73.6 Å². The first kappa shape index (κ1) is 13.9. The second-order valence-electron chi connectivity index (χ2n) is 4.75. The summed E-state index contributed by atoms with van der Waals surface area (Å²) in [6.07, 6.45) is 1.30. The molecule has 0 amide bonds. The Morgan fingerprint density at radius 2 is 1.56 bits per heavy atom. The van der Waals surface area contributed by atoms with Gasteiger partial charge in [-0.15, -0.1) is 0 Å². The van der Waals surface area contributed by atoms with Crippen molar-refractivity contribution in [2.45, 2.75) is 33.2 Å². The fourth-order valence-corrected chi connectivity index (χ4v) is 2.46. The van der Waals surface area contributed by atoms with E-state index in [0.717, 1.165) is 6.04 Å². The van der Waals surface area contributed by atoms with Crippen LogP contribution in [0.2, 0.25) is 0 Å². The molecule has 3 heteroatoms. The first-order chi connectivity index (χ1) is 7.79. The molecule has 0 aromatic carbocycles. The van der Waals surface area contributed by atoms with Gasteiger partial charge >= 0.3 is 0 Å². The number of hydrogen-bond acceptors (Lipinski definition) is 3. The van der Waals surface area contributed by atoms with Gasteiger partial charge in [-0.1, -0.05) is 20.8 Å². The van der Waals surface area contributed by atoms with Crippen molar-refractivity contribution in [3.05, 3.63) is 0 Å². The molecule has 16 heavy (non-hydrogen) atoms. The summed E-state index contributed by atoms with van der Waals surface area (Å²) in [5.41, 5.74) is 0. The molecule has 0 atom stereocenters. The lowest BCUT2D eigenvalue weighted by molar-refractivity contribution is 0.00984. The zero-order chi connectivity index (χ0) is 12.0. The predicted octanol–water partition coefficient (Wildman–Crippen LogP) is 1.35. The van der Waals surface area contributed by atoms with E-state index in [2.05, 4.69) is 28.7 Å². The first-order valence-corrected chi connectivity index (χ1v) is 6.94. The van der Waals surface area contributed by atoms with Gasteiger partial charge < -0.3 is 9.80 Å². The largest absolute Gasteiger partial charge is 0.304 e. The van der Waals surface area contributed by atoms with Crippen molar-refractivity contribution in [3.8, 4) is 0 Å². The van der Waals surface area contributed by atoms with Gasteiger partial charge in [0, 0.05) is 45.3 Å². The van der Waals surface area contributed by atoms with Crippen LogP contribution in [0.25, 0.3) is 0 Å². The minimum atomic E-state index is 0.871. The molecule has 2 aliphatic rings. The maximum Gasteiger partial charge on any atom is 0.0351 e. The van der Waals surface area contributed by atoms with Crippen LogP contribution in [0.3, 0.4) is 0 Å². The monoisotopic (exact) mass is 227 g/mol. The van der Waals surface area contributed by atoms with Crippen molar-refractivity contribution in [3.63, 3.8) is 0 Å². The molecule has 0 N–H and O–H groups in total. The number of likely N-dealkylation sites (tertiary alicyclic amines) is 1. The quantitative estimate of drug-likeness (QED) is 0.721. The Balaban J connectivity index is 0.000000606. The summed E-state index contributed by atoms with van der Waals surface area (Å²) in [7, 11) is 2.22. The smallest absolute Gasteiger partial charge is 0.0351 e. The Kier molecular flexibility index (Phi) is 6.32. The third kappa shape index (κ3) is 3.72. The third-order valence-electron chi connectivity index (χ3n) is 3.53. The molecule has 0 radical (unpaired) electrons. The van der Waals surface area contributed by atoms with Crippen molar-refractivity contribution in [2.75, 3.05) is 52.9 Å². The molecule has 0 aromatic rings. The van der Waals surface area contributed by atoms with Crippen LogP contribution in [0, 0.1) is 0 Å². The molecule has 0 aliphatic carbocycles. The van der Waals surface area contributed by atoms with Gasteiger partial charge in [0.1, 0.15) is 0 Å². The summed E-state index contributed by atoms with van der Waals surface area (Å²) in [5, 5.41) is 0. The van der Waals surface area contributed by atoms with Gasteiger partial charge in [0.2, 0.25) is 0 Å². The first-order valence-electron chi connectivity index (χ1n) is 6.94. The summed E-state index contributed by atoms with van der Waals surface area (Å²) in [4.78, 5) is 7.67. The number of hydrogen-bond donors (Lipinski definition) is 0. The highest BCUT2D eigenvalue weighted by Gasteiger charge is 2.31. The van der Waals surface area contributed by atoms with Gasteiger partial charge in [0.15, 0.2) is 0 Å². The van der Waals surface area contributed by atoms with Gasteiger partial charge in [-0.2, -0.15) is 0 Å². The van der Waals surface area contributed by atoms with Crippen LogP contribution < -0.4 is 0 Å². The van der Waals surface area contributed by atoms with E-state index in [1.807, 2.05) is 13.8 Å². The molecular weight excluding hydrogens is 198 g/mol. The van der Waals surface area contributed by atoms with Crippen LogP contribution in [0.4, 0.5) is 0 Å². The highest BCUT2D eigenvalue weighted by atomic mass is 15.3. The molecule has 2 fully saturated rings. The maximum absolute atomic E-state index is 2.67. The summed E-state index contributed by atoms with van der Waals surface area (Å²) < 4.78 is 0. The highest BCUT2D eigenvalue weighted by Crippen LogP contribution is 2.16. The van der Waals surface area contributed by atoms with Crippen molar-refractivity contribution in [1.29, 1.82) is 0 Å². The zero-order valence-corrected chi connectivity index (χ0v) is 11.6. The SMILES string of the molecule is CC.CCCN1CC(N2CCN(C)CC2)C1. The van der Waals surface area contributed by atoms with E-state index in [1.165, 1.54) is 52.2 Å². The van der Waals surface area contributed by atoms with Gasteiger partial charge in [0.05, 0.1) is 0 Å². The summed E-state index contributed by atoms with van der Waals surface area (Å²) in [5.74, 6) is 0. The van der Waals surface area contributed by atoms with E-state index >= 15 is 0 Å². The van der Waals surface area contributed by atoms with Crippen LogP contribution in [-0.2, 0) is 0 Å². The molecule has 0 spiro atoms. The summed E-state index contributed by atoms with van der Waals surface area (Å²) >= 11 is 0. The van der Waals surface area contributed by atoms with Crippen LogP contribution in [0.15, 0.2) is 0 Å². The number of nitrogens with zero attached hydrogens (tertiary/aromatic N) is 3.